The minimum atomic E-state index is -3.78. The zero-order chi connectivity index (χ0) is 18.3. The minimum absolute atomic E-state index is 0.114. The first-order valence-electron chi connectivity index (χ1n) is 7.64. The lowest BCUT2D eigenvalue weighted by atomic mass is 10.2. The van der Waals surface area contributed by atoms with Gasteiger partial charge in [-0.3, -0.25) is 4.79 Å². The van der Waals surface area contributed by atoms with Crippen LogP contribution in [-0.2, 0) is 26.2 Å². The van der Waals surface area contributed by atoms with Crippen molar-refractivity contribution >= 4 is 32.4 Å². The minimum Gasteiger partial charge on any atom is -0.375 e. The van der Waals surface area contributed by atoms with Gasteiger partial charge in [-0.05, 0) is 5.56 Å². The maximum absolute atomic E-state index is 12.1. The molecule has 136 valence electrons. The molecule has 8 nitrogen and oxygen atoms in total. The number of nitrogens with zero attached hydrogens (tertiary/aromatic N) is 2. The highest BCUT2D eigenvalue weighted by molar-refractivity contribution is 7.91. The molecule has 0 atom stereocenters. The summed E-state index contributed by atoms with van der Waals surface area (Å²) in [6, 6.07) is 9.59. The second kappa shape index (κ2) is 8.99. The molecule has 0 fully saturated rings. The maximum atomic E-state index is 12.1. The van der Waals surface area contributed by atoms with Gasteiger partial charge in [0, 0.05) is 12.5 Å². The zero-order valence-electron chi connectivity index (χ0n) is 13.9. The fourth-order valence-corrected chi connectivity index (χ4v) is 3.65. The van der Waals surface area contributed by atoms with E-state index in [0.717, 1.165) is 16.9 Å². The first-order chi connectivity index (χ1) is 11.9. The lowest BCUT2D eigenvalue weighted by molar-refractivity contribution is -0.118. The van der Waals surface area contributed by atoms with Crippen LogP contribution in [0.3, 0.4) is 0 Å². The molecule has 2 rings (SSSR count). The van der Waals surface area contributed by atoms with Gasteiger partial charge >= 0.3 is 0 Å². The van der Waals surface area contributed by atoms with Crippen LogP contribution in [0.4, 0.5) is 5.13 Å². The molecular formula is C15H20N4O4S2. The van der Waals surface area contributed by atoms with Crippen LogP contribution in [0.15, 0.2) is 34.7 Å². The van der Waals surface area contributed by atoms with Gasteiger partial charge in [0.1, 0.15) is 0 Å². The number of carbonyl (C=O) groups excluding carboxylic acids is 1. The molecule has 2 aromatic rings. The average molecular weight is 384 g/mol. The first kappa shape index (κ1) is 19.4. The molecule has 0 aliphatic rings. The van der Waals surface area contributed by atoms with Crippen LogP contribution < -0.4 is 10.0 Å². The Kier molecular flexibility index (Phi) is 7.00. The normalized spacial score (nSPS) is 11.6. The third-order valence-electron chi connectivity index (χ3n) is 3.04. The molecule has 25 heavy (non-hydrogen) atoms. The zero-order valence-corrected chi connectivity index (χ0v) is 15.6. The molecule has 0 spiro atoms. The SMILES string of the molecule is CC(C)C(=O)Nc1nnc(S(=O)(=O)NCCOCc2ccccc2)s1. The van der Waals surface area contributed by atoms with Crippen LogP contribution in [0.25, 0.3) is 0 Å². The van der Waals surface area contributed by atoms with Gasteiger partial charge in [0.25, 0.3) is 10.0 Å². The van der Waals surface area contributed by atoms with E-state index in [1.807, 2.05) is 30.3 Å². The van der Waals surface area contributed by atoms with E-state index in [2.05, 4.69) is 20.2 Å². The van der Waals surface area contributed by atoms with Crippen LogP contribution in [0, 0.1) is 5.92 Å². The molecule has 2 N–H and O–H groups in total. The van der Waals surface area contributed by atoms with Crippen molar-refractivity contribution in [3.05, 3.63) is 35.9 Å². The number of ether oxygens (including phenoxy) is 1. The van der Waals surface area contributed by atoms with E-state index in [1.165, 1.54) is 0 Å². The number of aromatic nitrogens is 2. The molecule has 1 aromatic heterocycles. The molecule has 0 saturated heterocycles. The van der Waals surface area contributed by atoms with Crippen LogP contribution in [-0.4, -0.2) is 37.7 Å². The monoisotopic (exact) mass is 384 g/mol. The number of hydrogen-bond donors (Lipinski definition) is 2. The number of nitrogens with one attached hydrogen (secondary N) is 2. The number of anilines is 1. The van der Waals surface area contributed by atoms with Crippen molar-refractivity contribution in [2.45, 2.75) is 24.8 Å². The molecule has 1 heterocycles. The summed E-state index contributed by atoms with van der Waals surface area (Å²) < 4.78 is 31.9. The Morgan fingerprint density at radius 1 is 1.24 bits per heavy atom. The van der Waals surface area contributed by atoms with Crippen molar-refractivity contribution in [1.82, 2.24) is 14.9 Å². The van der Waals surface area contributed by atoms with E-state index in [0.29, 0.717) is 6.61 Å². The van der Waals surface area contributed by atoms with Gasteiger partial charge in [-0.2, -0.15) is 0 Å². The summed E-state index contributed by atoms with van der Waals surface area (Å²) >= 11 is 0.801. The highest BCUT2D eigenvalue weighted by atomic mass is 32.2. The van der Waals surface area contributed by atoms with E-state index < -0.39 is 10.0 Å². The number of amides is 1. The third-order valence-corrected chi connectivity index (χ3v) is 5.71. The number of rotatable bonds is 9. The maximum Gasteiger partial charge on any atom is 0.269 e. The molecule has 1 amide bonds. The third kappa shape index (κ3) is 6.16. The Morgan fingerprint density at radius 2 is 1.96 bits per heavy atom. The van der Waals surface area contributed by atoms with Gasteiger partial charge < -0.3 is 10.1 Å². The summed E-state index contributed by atoms with van der Waals surface area (Å²) in [7, 11) is -3.78. The summed E-state index contributed by atoms with van der Waals surface area (Å²) in [4.78, 5) is 11.6. The Hall–Kier alpha value is -1.88. The summed E-state index contributed by atoms with van der Waals surface area (Å²) in [6.45, 7) is 4.20. The Labute approximate surface area is 150 Å². The Balaban J connectivity index is 1.79. The summed E-state index contributed by atoms with van der Waals surface area (Å²) in [5.74, 6) is -0.480. The van der Waals surface area contributed by atoms with E-state index in [4.69, 9.17) is 4.74 Å². The fourth-order valence-electron chi connectivity index (χ4n) is 1.69. The molecule has 0 radical (unpaired) electrons. The van der Waals surface area contributed by atoms with E-state index in [9.17, 15) is 13.2 Å². The molecule has 0 bridgehead atoms. The lowest BCUT2D eigenvalue weighted by Gasteiger charge is -2.05. The molecule has 1 aromatic carbocycles. The second-order valence-electron chi connectivity index (χ2n) is 5.45. The second-order valence-corrected chi connectivity index (χ2v) is 8.37. The van der Waals surface area contributed by atoms with Crippen LogP contribution in [0.5, 0.6) is 0 Å². The fraction of sp³-hybridized carbons (Fsp3) is 0.400. The number of carbonyl (C=O) groups is 1. The number of benzene rings is 1. The van der Waals surface area contributed by atoms with Gasteiger partial charge in [0.2, 0.25) is 15.4 Å². The van der Waals surface area contributed by atoms with Crippen molar-refractivity contribution in [3.63, 3.8) is 0 Å². The molecule has 0 aliphatic heterocycles. The Morgan fingerprint density at radius 3 is 2.64 bits per heavy atom. The van der Waals surface area contributed by atoms with Gasteiger partial charge in [0.05, 0.1) is 13.2 Å². The molecular weight excluding hydrogens is 364 g/mol. The smallest absolute Gasteiger partial charge is 0.269 e. The van der Waals surface area contributed by atoms with E-state index >= 15 is 0 Å². The van der Waals surface area contributed by atoms with Crippen molar-refractivity contribution in [2.75, 3.05) is 18.5 Å². The largest absolute Gasteiger partial charge is 0.375 e. The quantitative estimate of drug-likeness (QED) is 0.502. The average Bonchev–Trinajstić information content (AvgIpc) is 3.05. The van der Waals surface area contributed by atoms with Crippen molar-refractivity contribution in [1.29, 1.82) is 0 Å². The van der Waals surface area contributed by atoms with Crippen LogP contribution >= 0.6 is 11.3 Å². The van der Waals surface area contributed by atoms with Crippen molar-refractivity contribution in [3.8, 4) is 0 Å². The van der Waals surface area contributed by atoms with Gasteiger partial charge in [-0.1, -0.05) is 55.5 Å². The molecule has 0 saturated carbocycles. The standard InChI is InChI=1S/C15H20N4O4S2/c1-11(2)13(20)17-14-18-19-15(24-14)25(21,22)16-8-9-23-10-12-6-4-3-5-7-12/h3-7,11,16H,8-10H2,1-2H3,(H,17,18,20). The van der Waals surface area contributed by atoms with Gasteiger partial charge in [-0.15, -0.1) is 10.2 Å². The molecule has 0 aliphatic carbocycles. The highest BCUT2D eigenvalue weighted by Crippen LogP contribution is 2.20. The predicted molar refractivity (Wildman–Crippen MR) is 94.7 cm³/mol. The summed E-state index contributed by atoms with van der Waals surface area (Å²) in [5.41, 5.74) is 1.01. The highest BCUT2D eigenvalue weighted by Gasteiger charge is 2.20. The summed E-state index contributed by atoms with van der Waals surface area (Å²) in [6.07, 6.45) is 0. The van der Waals surface area contributed by atoms with Gasteiger partial charge in [-0.25, -0.2) is 13.1 Å². The topological polar surface area (TPSA) is 110 Å². The predicted octanol–water partition coefficient (Wildman–Crippen LogP) is 1.63. The van der Waals surface area contributed by atoms with Gasteiger partial charge in [0.15, 0.2) is 0 Å². The van der Waals surface area contributed by atoms with Crippen LogP contribution in [0.1, 0.15) is 19.4 Å². The van der Waals surface area contributed by atoms with Crippen molar-refractivity contribution < 1.29 is 17.9 Å². The van der Waals surface area contributed by atoms with Crippen molar-refractivity contribution in [2.24, 2.45) is 5.92 Å². The van der Waals surface area contributed by atoms with E-state index in [-0.39, 0.29) is 34.4 Å². The number of sulfonamides is 1. The van der Waals surface area contributed by atoms with E-state index in [1.54, 1.807) is 13.8 Å². The van der Waals surface area contributed by atoms with Crippen LogP contribution in [0.2, 0.25) is 0 Å². The first-order valence-corrected chi connectivity index (χ1v) is 9.94. The summed E-state index contributed by atoms with van der Waals surface area (Å²) in [5, 5.41) is 9.95. The Bertz CT molecular complexity index is 791. The molecule has 0 unspecified atom stereocenters. The molecule has 10 heteroatoms. The lowest BCUT2D eigenvalue weighted by Crippen LogP contribution is -2.27. The number of hydrogen-bond acceptors (Lipinski definition) is 7.